The molecule has 1 heterocycles. The number of rotatable bonds is 1. The number of allylic oxidation sites excluding steroid dienone is 1. The van der Waals surface area contributed by atoms with Crippen LogP contribution in [0, 0.1) is 5.92 Å². The molecule has 2 heteroatoms. The smallest absolute Gasteiger partial charge is 0.0721 e. The predicted molar refractivity (Wildman–Crippen MR) is 41.1 cm³/mol. The van der Waals surface area contributed by atoms with E-state index in [4.69, 9.17) is 11.6 Å². The van der Waals surface area contributed by atoms with Gasteiger partial charge in [-0.15, -0.1) is 0 Å². The minimum Gasteiger partial charge on any atom is -0.284 e. The SMILES string of the molecule is CC(C)C1C=C(Cl)C=N1. The Labute approximate surface area is 60.4 Å². The average Bonchev–Trinajstić information content (AvgIpc) is 2.14. The molecule has 1 nitrogen and oxygen atoms in total. The number of aliphatic imine (C=N–C) groups is 1. The Morgan fingerprint density at radius 2 is 2.33 bits per heavy atom. The van der Waals surface area contributed by atoms with E-state index in [1.165, 1.54) is 0 Å². The zero-order valence-electron chi connectivity index (χ0n) is 5.63. The first kappa shape index (κ1) is 6.81. The monoisotopic (exact) mass is 143 g/mol. The van der Waals surface area contributed by atoms with Crippen molar-refractivity contribution in [2.24, 2.45) is 10.9 Å². The summed E-state index contributed by atoms with van der Waals surface area (Å²) in [5.74, 6) is 0.567. The summed E-state index contributed by atoms with van der Waals surface area (Å²) in [7, 11) is 0. The summed E-state index contributed by atoms with van der Waals surface area (Å²) in [5.41, 5.74) is 0. The van der Waals surface area contributed by atoms with Crippen molar-refractivity contribution in [1.82, 2.24) is 0 Å². The summed E-state index contributed by atoms with van der Waals surface area (Å²) in [6.07, 6.45) is 3.69. The van der Waals surface area contributed by atoms with Crippen molar-refractivity contribution in [3.63, 3.8) is 0 Å². The lowest BCUT2D eigenvalue weighted by molar-refractivity contribution is 0.579. The van der Waals surface area contributed by atoms with Gasteiger partial charge in [-0.3, -0.25) is 4.99 Å². The van der Waals surface area contributed by atoms with Crippen LogP contribution in [0.4, 0.5) is 0 Å². The van der Waals surface area contributed by atoms with Gasteiger partial charge in [0.2, 0.25) is 0 Å². The summed E-state index contributed by atoms with van der Waals surface area (Å²) in [6, 6.07) is 0.317. The van der Waals surface area contributed by atoms with Gasteiger partial charge in [0, 0.05) is 6.21 Å². The number of nitrogens with zero attached hydrogens (tertiary/aromatic N) is 1. The molecule has 0 saturated heterocycles. The molecule has 1 aliphatic heterocycles. The van der Waals surface area contributed by atoms with E-state index in [1.807, 2.05) is 6.08 Å². The number of hydrogen-bond donors (Lipinski definition) is 0. The van der Waals surface area contributed by atoms with Gasteiger partial charge in [-0.1, -0.05) is 25.4 Å². The first-order valence-electron chi connectivity index (χ1n) is 3.10. The van der Waals surface area contributed by atoms with E-state index < -0.39 is 0 Å². The third kappa shape index (κ3) is 1.55. The van der Waals surface area contributed by atoms with Crippen LogP contribution in [0.15, 0.2) is 16.1 Å². The quantitative estimate of drug-likeness (QED) is 0.534. The van der Waals surface area contributed by atoms with Crippen LogP contribution in [-0.4, -0.2) is 12.3 Å². The molecule has 0 aliphatic carbocycles. The fourth-order valence-corrected chi connectivity index (χ4v) is 0.956. The summed E-state index contributed by atoms with van der Waals surface area (Å²) in [4.78, 5) is 4.17. The maximum Gasteiger partial charge on any atom is 0.0721 e. The maximum atomic E-state index is 5.66. The van der Waals surface area contributed by atoms with Gasteiger partial charge in [0.25, 0.3) is 0 Å². The van der Waals surface area contributed by atoms with Gasteiger partial charge in [-0.2, -0.15) is 0 Å². The lowest BCUT2D eigenvalue weighted by Gasteiger charge is -2.06. The van der Waals surface area contributed by atoms with Crippen molar-refractivity contribution < 1.29 is 0 Å². The molecule has 0 spiro atoms. The van der Waals surface area contributed by atoms with Crippen molar-refractivity contribution in [2.45, 2.75) is 19.9 Å². The fraction of sp³-hybridized carbons (Fsp3) is 0.571. The highest BCUT2D eigenvalue weighted by Crippen LogP contribution is 2.16. The van der Waals surface area contributed by atoms with Crippen LogP contribution >= 0.6 is 11.6 Å². The van der Waals surface area contributed by atoms with Gasteiger partial charge in [0.1, 0.15) is 0 Å². The van der Waals surface area contributed by atoms with Crippen LogP contribution in [0.1, 0.15) is 13.8 Å². The highest BCUT2D eigenvalue weighted by molar-refractivity contribution is 6.39. The lowest BCUT2D eigenvalue weighted by atomic mass is 10.1. The highest BCUT2D eigenvalue weighted by Gasteiger charge is 2.12. The first-order valence-corrected chi connectivity index (χ1v) is 3.48. The molecule has 1 rings (SSSR count). The molecule has 0 N–H and O–H groups in total. The summed E-state index contributed by atoms with van der Waals surface area (Å²) < 4.78 is 0. The second-order valence-corrected chi connectivity index (χ2v) is 3.00. The Hall–Kier alpha value is -0.300. The lowest BCUT2D eigenvalue weighted by Crippen LogP contribution is -2.05. The van der Waals surface area contributed by atoms with Crippen molar-refractivity contribution in [2.75, 3.05) is 0 Å². The van der Waals surface area contributed by atoms with Crippen molar-refractivity contribution >= 4 is 17.8 Å². The van der Waals surface area contributed by atoms with Crippen LogP contribution in [0.5, 0.6) is 0 Å². The standard InChI is InChI=1S/C7H10ClN/c1-5(2)7-3-6(8)4-9-7/h3-5,7H,1-2H3. The largest absolute Gasteiger partial charge is 0.284 e. The fourth-order valence-electron chi connectivity index (χ4n) is 0.771. The van der Waals surface area contributed by atoms with E-state index in [-0.39, 0.29) is 0 Å². The maximum absolute atomic E-state index is 5.66. The van der Waals surface area contributed by atoms with E-state index in [0.29, 0.717) is 12.0 Å². The molecule has 1 atom stereocenters. The highest BCUT2D eigenvalue weighted by atomic mass is 35.5. The Morgan fingerprint density at radius 1 is 1.67 bits per heavy atom. The molecule has 0 aromatic heterocycles. The second-order valence-electron chi connectivity index (χ2n) is 2.56. The van der Waals surface area contributed by atoms with Crippen LogP contribution in [0.3, 0.4) is 0 Å². The van der Waals surface area contributed by atoms with Crippen LogP contribution < -0.4 is 0 Å². The molecular weight excluding hydrogens is 134 g/mol. The molecule has 0 amide bonds. The molecule has 1 unspecified atom stereocenters. The molecule has 1 aliphatic rings. The van der Waals surface area contributed by atoms with Gasteiger partial charge in [0.15, 0.2) is 0 Å². The second kappa shape index (κ2) is 2.53. The predicted octanol–water partition coefficient (Wildman–Crippen LogP) is 2.22. The summed E-state index contributed by atoms with van der Waals surface area (Å²) in [6.45, 7) is 4.27. The van der Waals surface area contributed by atoms with Gasteiger partial charge < -0.3 is 0 Å². The van der Waals surface area contributed by atoms with Gasteiger partial charge in [-0.05, 0) is 12.0 Å². The Morgan fingerprint density at radius 3 is 2.56 bits per heavy atom. The van der Waals surface area contributed by atoms with E-state index in [9.17, 15) is 0 Å². The molecular formula is C7H10ClN. The topological polar surface area (TPSA) is 12.4 Å². The van der Waals surface area contributed by atoms with Crippen LogP contribution in [0.25, 0.3) is 0 Å². The molecule has 0 radical (unpaired) electrons. The minimum absolute atomic E-state index is 0.317. The molecule has 0 bridgehead atoms. The third-order valence-electron chi connectivity index (χ3n) is 1.38. The van der Waals surface area contributed by atoms with E-state index in [0.717, 1.165) is 5.03 Å². The van der Waals surface area contributed by atoms with Crippen molar-refractivity contribution in [3.8, 4) is 0 Å². The normalized spacial score (nSPS) is 25.3. The van der Waals surface area contributed by atoms with Crippen LogP contribution in [0.2, 0.25) is 0 Å². The average molecular weight is 144 g/mol. The minimum atomic E-state index is 0.317. The van der Waals surface area contributed by atoms with E-state index in [2.05, 4.69) is 18.8 Å². The molecule has 0 saturated carbocycles. The van der Waals surface area contributed by atoms with Crippen molar-refractivity contribution in [3.05, 3.63) is 11.1 Å². The Kier molecular flexibility index (Phi) is 1.91. The zero-order valence-corrected chi connectivity index (χ0v) is 6.39. The molecule has 50 valence electrons. The Balaban J connectivity index is 2.59. The Bertz CT molecular complexity index is 158. The zero-order chi connectivity index (χ0) is 6.85. The van der Waals surface area contributed by atoms with Crippen molar-refractivity contribution in [1.29, 1.82) is 0 Å². The number of halogens is 1. The number of hydrogen-bond acceptors (Lipinski definition) is 1. The molecule has 9 heavy (non-hydrogen) atoms. The van der Waals surface area contributed by atoms with Gasteiger partial charge >= 0.3 is 0 Å². The summed E-state index contributed by atoms with van der Waals surface area (Å²) in [5, 5.41) is 0.772. The third-order valence-corrected chi connectivity index (χ3v) is 1.61. The first-order chi connectivity index (χ1) is 4.20. The van der Waals surface area contributed by atoms with Crippen LogP contribution in [-0.2, 0) is 0 Å². The van der Waals surface area contributed by atoms with E-state index >= 15 is 0 Å². The molecule has 0 fully saturated rings. The van der Waals surface area contributed by atoms with Gasteiger partial charge in [-0.25, -0.2) is 0 Å². The van der Waals surface area contributed by atoms with Gasteiger partial charge in [0.05, 0.1) is 11.1 Å². The molecule has 0 aromatic rings. The molecule has 0 aromatic carbocycles. The summed E-state index contributed by atoms with van der Waals surface area (Å²) >= 11 is 5.66. The van der Waals surface area contributed by atoms with E-state index in [1.54, 1.807) is 6.21 Å².